The molecule has 0 saturated heterocycles. The fraction of sp³-hybridized carbons (Fsp3) is 0.357. The largest absolute Gasteiger partial charge is 0.438 e. The van der Waals surface area contributed by atoms with Crippen LogP contribution in [0.25, 0.3) is 10.9 Å². The highest BCUT2D eigenvalue weighted by molar-refractivity contribution is 6.61. The summed E-state index contributed by atoms with van der Waals surface area (Å²) in [5, 5.41) is 4.31. The van der Waals surface area contributed by atoms with Gasteiger partial charge in [-0.3, -0.25) is 9.48 Å². The van der Waals surface area contributed by atoms with Gasteiger partial charge in [-0.1, -0.05) is 0 Å². The van der Waals surface area contributed by atoms with Crippen LogP contribution < -0.4 is 19.6 Å². The van der Waals surface area contributed by atoms with E-state index in [1.165, 1.54) is 4.68 Å². The number of ether oxygens (including phenoxy) is 3. The fourth-order valence-electron chi connectivity index (χ4n) is 2.29. The first-order chi connectivity index (χ1) is 10.9. The predicted molar refractivity (Wildman–Crippen MR) is 82.3 cm³/mol. The second-order valence-corrected chi connectivity index (χ2v) is 5.42. The zero-order chi connectivity index (χ0) is 16.7. The minimum atomic E-state index is -1.12. The molecule has 0 N–H and O–H groups in total. The lowest BCUT2D eigenvalue weighted by Crippen LogP contribution is -2.34. The van der Waals surface area contributed by atoms with Crippen molar-refractivity contribution in [3.05, 3.63) is 22.4 Å². The van der Waals surface area contributed by atoms with Crippen LogP contribution in [0.3, 0.4) is 0 Å². The first kappa shape index (κ1) is 15.6. The Morgan fingerprint density at radius 2 is 2.04 bits per heavy atom. The molecule has 1 aliphatic heterocycles. The molecular formula is C14H14ClN3O5. The predicted octanol–water partition coefficient (Wildman–Crippen LogP) is 1.77. The molecule has 2 aromatic rings. The Bertz CT molecular complexity index is 848. The Labute approximate surface area is 136 Å². The SMILES string of the molecule is CCn1nc(OC(=O)Cl)c(=O)c2cc3c(cc21)OC(N(C)C)O3. The van der Waals surface area contributed by atoms with E-state index in [-0.39, 0.29) is 5.88 Å². The molecule has 3 rings (SSSR count). The molecule has 0 aliphatic carbocycles. The van der Waals surface area contributed by atoms with E-state index >= 15 is 0 Å². The van der Waals surface area contributed by atoms with Crippen molar-refractivity contribution in [2.24, 2.45) is 0 Å². The van der Waals surface area contributed by atoms with Crippen molar-refractivity contribution in [2.45, 2.75) is 19.9 Å². The van der Waals surface area contributed by atoms with Crippen LogP contribution in [-0.2, 0) is 6.54 Å². The van der Waals surface area contributed by atoms with Gasteiger partial charge in [0.15, 0.2) is 11.5 Å². The Balaban J connectivity index is 2.19. The van der Waals surface area contributed by atoms with E-state index in [0.29, 0.717) is 28.9 Å². The topological polar surface area (TPSA) is 82.9 Å². The summed E-state index contributed by atoms with van der Waals surface area (Å²) in [6.45, 7) is 2.30. The van der Waals surface area contributed by atoms with Gasteiger partial charge in [0.2, 0.25) is 0 Å². The summed E-state index contributed by atoms with van der Waals surface area (Å²) in [6.07, 6.45) is -0.569. The average molecular weight is 340 g/mol. The summed E-state index contributed by atoms with van der Waals surface area (Å²) >= 11 is 5.18. The third-order valence-corrected chi connectivity index (χ3v) is 3.42. The summed E-state index contributed by atoms with van der Waals surface area (Å²) in [5.41, 5.74) is -1.11. The Hall–Kier alpha value is -2.32. The number of aromatic nitrogens is 2. The van der Waals surface area contributed by atoms with Gasteiger partial charge in [0.25, 0.3) is 11.3 Å². The highest BCUT2D eigenvalue weighted by Crippen LogP contribution is 2.38. The van der Waals surface area contributed by atoms with Crippen molar-refractivity contribution >= 4 is 27.9 Å². The molecule has 9 heteroatoms. The van der Waals surface area contributed by atoms with Gasteiger partial charge in [-0.05, 0) is 27.1 Å². The number of carbonyl (C=O) groups is 1. The van der Waals surface area contributed by atoms with Crippen LogP contribution in [0.2, 0.25) is 0 Å². The molecule has 1 atom stereocenters. The number of hydrogen-bond acceptors (Lipinski definition) is 7. The molecule has 8 nitrogen and oxygen atoms in total. The number of rotatable bonds is 3. The van der Waals surface area contributed by atoms with Crippen molar-refractivity contribution in [1.82, 2.24) is 14.7 Å². The van der Waals surface area contributed by atoms with Gasteiger partial charge >= 0.3 is 11.8 Å². The van der Waals surface area contributed by atoms with E-state index in [1.807, 2.05) is 6.92 Å². The summed E-state index contributed by atoms with van der Waals surface area (Å²) in [4.78, 5) is 25.1. The van der Waals surface area contributed by atoms with Gasteiger partial charge in [0.05, 0.1) is 10.9 Å². The Morgan fingerprint density at radius 1 is 1.39 bits per heavy atom. The van der Waals surface area contributed by atoms with Crippen molar-refractivity contribution in [3.8, 4) is 17.4 Å². The number of carbonyl (C=O) groups excluding carboxylic acids is 1. The highest BCUT2D eigenvalue weighted by Gasteiger charge is 2.28. The van der Waals surface area contributed by atoms with E-state index in [0.717, 1.165) is 0 Å². The summed E-state index contributed by atoms with van der Waals surface area (Å²) < 4.78 is 17.5. The van der Waals surface area contributed by atoms with Crippen molar-refractivity contribution in [2.75, 3.05) is 14.1 Å². The molecular weight excluding hydrogens is 326 g/mol. The van der Waals surface area contributed by atoms with E-state index < -0.39 is 17.3 Å². The fourth-order valence-corrected chi connectivity index (χ4v) is 2.36. The molecule has 2 heterocycles. The van der Waals surface area contributed by atoms with Gasteiger partial charge in [-0.15, -0.1) is 5.10 Å². The zero-order valence-electron chi connectivity index (χ0n) is 12.7. The van der Waals surface area contributed by atoms with Crippen molar-refractivity contribution in [3.63, 3.8) is 0 Å². The van der Waals surface area contributed by atoms with Gasteiger partial charge in [0, 0.05) is 24.2 Å². The third-order valence-electron chi connectivity index (χ3n) is 3.34. The molecule has 0 saturated carbocycles. The van der Waals surface area contributed by atoms with Crippen molar-refractivity contribution in [1.29, 1.82) is 0 Å². The molecule has 0 spiro atoms. The molecule has 0 radical (unpaired) electrons. The van der Waals surface area contributed by atoms with Gasteiger partial charge in [-0.2, -0.15) is 0 Å². The maximum absolute atomic E-state index is 12.4. The second kappa shape index (κ2) is 5.71. The molecule has 23 heavy (non-hydrogen) atoms. The van der Waals surface area contributed by atoms with E-state index in [4.69, 9.17) is 21.1 Å². The third kappa shape index (κ3) is 2.71. The van der Waals surface area contributed by atoms with Crippen LogP contribution in [0.15, 0.2) is 16.9 Å². The lowest BCUT2D eigenvalue weighted by Gasteiger charge is -2.16. The van der Waals surface area contributed by atoms with Crippen LogP contribution in [-0.4, -0.2) is 40.6 Å². The van der Waals surface area contributed by atoms with E-state index in [2.05, 4.69) is 9.84 Å². The van der Waals surface area contributed by atoms with Crippen LogP contribution in [0.4, 0.5) is 4.79 Å². The lowest BCUT2D eigenvalue weighted by atomic mass is 10.2. The van der Waals surface area contributed by atoms with Gasteiger partial charge in [0.1, 0.15) is 0 Å². The molecule has 1 aliphatic rings. The summed E-state index contributed by atoms with van der Waals surface area (Å²) in [7, 11) is 3.61. The smallest absolute Gasteiger partial charge is 0.410 e. The van der Waals surface area contributed by atoms with Crippen LogP contribution in [0.5, 0.6) is 17.4 Å². The average Bonchev–Trinajstić information content (AvgIpc) is 2.91. The number of aryl methyl sites for hydroxylation is 1. The Kier molecular flexibility index (Phi) is 3.87. The normalized spacial score (nSPS) is 16.1. The number of fused-ring (bicyclic) bond motifs is 2. The molecule has 1 aromatic carbocycles. The number of nitrogens with zero attached hydrogens (tertiary/aromatic N) is 3. The van der Waals surface area contributed by atoms with E-state index in [1.54, 1.807) is 31.1 Å². The molecule has 0 amide bonds. The number of benzene rings is 1. The second-order valence-electron chi connectivity index (χ2n) is 5.11. The number of hydrogen-bond donors (Lipinski definition) is 0. The molecule has 1 unspecified atom stereocenters. The first-order valence-electron chi connectivity index (χ1n) is 6.86. The van der Waals surface area contributed by atoms with Crippen LogP contribution in [0.1, 0.15) is 6.92 Å². The summed E-state index contributed by atoms with van der Waals surface area (Å²) in [6, 6.07) is 3.23. The molecule has 122 valence electrons. The maximum atomic E-state index is 12.4. The molecule has 1 aromatic heterocycles. The first-order valence-corrected chi connectivity index (χ1v) is 7.24. The van der Waals surface area contributed by atoms with Gasteiger partial charge < -0.3 is 14.2 Å². The number of halogens is 1. The minimum absolute atomic E-state index is 0.302. The van der Waals surface area contributed by atoms with Gasteiger partial charge in [-0.25, -0.2) is 9.69 Å². The zero-order valence-corrected chi connectivity index (χ0v) is 13.5. The quantitative estimate of drug-likeness (QED) is 0.788. The minimum Gasteiger partial charge on any atom is -0.438 e. The molecule has 0 bridgehead atoms. The van der Waals surface area contributed by atoms with Crippen LogP contribution in [0, 0.1) is 0 Å². The monoisotopic (exact) mass is 339 g/mol. The van der Waals surface area contributed by atoms with E-state index in [9.17, 15) is 9.59 Å². The summed E-state index contributed by atoms with van der Waals surface area (Å²) in [5.74, 6) is 0.578. The standard InChI is InChI=1S/C14H14ClN3O5/c1-4-18-8-6-10-9(21-14(22-10)17(2)3)5-7(8)11(19)12(16-18)23-13(15)20/h5-6,14H,4H2,1-3H3. The van der Waals surface area contributed by atoms with Crippen molar-refractivity contribution < 1.29 is 19.0 Å². The Morgan fingerprint density at radius 3 is 2.61 bits per heavy atom. The lowest BCUT2D eigenvalue weighted by molar-refractivity contribution is -0.0614. The highest BCUT2D eigenvalue weighted by atomic mass is 35.5. The molecule has 0 fully saturated rings. The maximum Gasteiger partial charge on any atom is 0.410 e. The van der Waals surface area contributed by atoms with Crippen LogP contribution >= 0.6 is 11.6 Å².